The number of alkyl halides is 2. The number of carbonyl (C=O) groups excluding carboxylic acids is 1. The Hall–Kier alpha value is -3.77. The molecule has 4 heterocycles. The van der Waals surface area contributed by atoms with Crippen molar-refractivity contribution >= 4 is 40.5 Å². The number of benzene rings is 1. The number of aromatic nitrogens is 5. The van der Waals surface area contributed by atoms with Crippen molar-refractivity contribution in [2.75, 3.05) is 31.5 Å². The van der Waals surface area contributed by atoms with Crippen molar-refractivity contribution in [2.45, 2.75) is 90.8 Å². The zero-order valence-electron chi connectivity index (χ0n) is 27.8. The Bertz CT molecular complexity index is 1650. The molecule has 1 aliphatic rings. The van der Waals surface area contributed by atoms with Crippen molar-refractivity contribution < 1.29 is 18.3 Å². The Morgan fingerprint density at radius 3 is 2.55 bits per heavy atom. The molecule has 0 spiro atoms. The van der Waals surface area contributed by atoms with Crippen molar-refractivity contribution in [2.24, 2.45) is 0 Å². The number of carbonyl (C=O) groups is 1. The van der Waals surface area contributed by atoms with Crippen LogP contribution in [0.5, 0.6) is 0 Å². The Labute approximate surface area is 279 Å². The molecule has 1 aliphatic heterocycles. The number of anilines is 2. The second-order valence-corrected chi connectivity index (χ2v) is 13.8. The van der Waals surface area contributed by atoms with E-state index in [0.717, 1.165) is 61.5 Å². The Morgan fingerprint density at radius 1 is 1.09 bits per heavy atom. The van der Waals surface area contributed by atoms with Crippen molar-refractivity contribution in [3.05, 3.63) is 53.4 Å². The first-order valence-corrected chi connectivity index (χ1v) is 16.7. The summed E-state index contributed by atoms with van der Waals surface area (Å²) in [6, 6.07) is 8.03. The van der Waals surface area contributed by atoms with Gasteiger partial charge in [0.05, 0.1) is 16.7 Å². The molecule has 0 bridgehead atoms. The Balaban J connectivity index is 1.18. The van der Waals surface area contributed by atoms with Crippen LogP contribution in [0.1, 0.15) is 78.3 Å². The first-order chi connectivity index (χ1) is 22.3. The standard InChI is InChI=1S/C34H45ClF2N8O2/c1-23(43-16-18-44(19-17-43)32(46)47-33(2,3)4)24-12-14-38-28(20-24)41-31-40-27-11-10-26(29(35)30(27)42-31)25-21-39-45(22-25)15-9-7-6-8-13-34(5,36)37/h10-12,14,20-23H,6-9,13,15-19H2,1-5H3,(H2,38,40,41,42). The first-order valence-electron chi connectivity index (χ1n) is 16.3. The molecule has 1 saturated heterocycles. The van der Waals surface area contributed by atoms with E-state index in [1.807, 2.05) is 55.9 Å². The van der Waals surface area contributed by atoms with Gasteiger partial charge in [-0.1, -0.05) is 30.5 Å². The van der Waals surface area contributed by atoms with Gasteiger partial charge in [0.2, 0.25) is 11.9 Å². The summed E-state index contributed by atoms with van der Waals surface area (Å²) in [6.45, 7) is 12.2. The van der Waals surface area contributed by atoms with Crippen molar-refractivity contribution in [1.29, 1.82) is 0 Å². The lowest BCUT2D eigenvalue weighted by Crippen LogP contribution is -2.50. The summed E-state index contributed by atoms with van der Waals surface area (Å²) < 4.78 is 33.4. The minimum absolute atomic E-state index is 0.0654. The van der Waals surface area contributed by atoms with E-state index in [1.54, 1.807) is 17.3 Å². The van der Waals surface area contributed by atoms with Crippen LogP contribution in [0.4, 0.5) is 25.3 Å². The molecule has 5 rings (SSSR count). The Morgan fingerprint density at radius 2 is 1.83 bits per heavy atom. The number of nitrogens with zero attached hydrogens (tertiary/aromatic N) is 6. The van der Waals surface area contributed by atoms with Crippen LogP contribution in [0.25, 0.3) is 22.2 Å². The van der Waals surface area contributed by atoms with Crippen LogP contribution in [0.15, 0.2) is 42.9 Å². The highest BCUT2D eigenvalue weighted by Crippen LogP contribution is 2.34. The number of H-pyrrole nitrogens is 1. The summed E-state index contributed by atoms with van der Waals surface area (Å²) in [5.41, 5.74) is 3.73. The molecule has 2 N–H and O–H groups in total. The molecular weight excluding hydrogens is 626 g/mol. The third kappa shape index (κ3) is 9.41. The van der Waals surface area contributed by atoms with E-state index in [0.29, 0.717) is 48.4 Å². The van der Waals surface area contributed by atoms with Crippen LogP contribution < -0.4 is 5.32 Å². The molecule has 13 heteroatoms. The van der Waals surface area contributed by atoms with E-state index in [-0.39, 0.29) is 18.6 Å². The van der Waals surface area contributed by atoms with Crippen molar-refractivity contribution in [3.63, 3.8) is 0 Å². The number of amides is 1. The van der Waals surface area contributed by atoms with Gasteiger partial charge in [0.15, 0.2) is 0 Å². The maximum atomic E-state index is 13.0. The van der Waals surface area contributed by atoms with Crippen LogP contribution >= 0.6 is 11.6 Å². The smallest absolute Gasteiger partial charge is 0.410 e. The maximum absolute atomic E-state index is 13.0. The largest absolute Gasteiger partial charge is 0.444 e. The normalized spacial score (nSPS) is 15.3. The van der Waals surface area contributed by atoms with Gasteiger partial charge in [-0.3, -0.25) is 9.58 Å². The fraction of sp³-hybridized carbons (Fsp3) is 0.529. The summed E-state index contributed by atoms with van der Waals surface area (Å²) in [5.74, 6) is -1.41. The SMILES string of the molecule is CC(c1ccnc(Nc2nc3c(Cl)c(-c4cnn(CCCCCCC(C)(F)F)c4)ccc3[nH]2)c1)N1CCN(C(=O)OC(C)(C)C)CC1. The molecule has 1 unspecified atom stereocenters. The van der Waals surface area contributed by atoms with Crippen molar-refractivity contribution in [1.82, 2.24) is 34.5 Å². The number of imidazole rings is 1. The summed E-state index contributed by atoms with van der Waals surface area (Å²) in [7, 11) is 0. The molecular formula is C34H45ClF2N8O2. The number of pyridine rings is 1. The maximum Gasteiger partial charge on any atom is 0.410 e. The van der Waals surface area contributed by atoms with Crippen LogP contribution in [0.3, 0.4) is 0 Å². The number of halogens is 3. The fourth-order valence-corrected chi connectivity index (χ4v) is 6.05. The number of aromatic amines is 1. The number of unbranched alkanes of at least 4 members (excludes halogenated alkanes) is 3. The van der Waals surface area contributed by atoms with E-state index < -0.39 is 11.5 Å². The molecule has 1 atom stereocenters. The van der Waals surface area contributed by atoms with E-state index in [2.05, 4.69) is 32.2 Å². The quantitative estimate of drug-likeness (QED) is 0.146. The van der Waals surface area contributed by atoms with Gasteiger partial charge in [0, 0.05) is 68.7 Å². The van der Waals surface area contributed by atoms with Gasteiger partial charge >= 0.3 is 6.09 Å². The predicted molar refractivity (Wildman–Crippen MR) is 181 cm³/mol. The lowest BCUT2D eigenvalue weighted by molar-refractivity contribution is 0.00979. The average Bonchev–Trinajstić information content (AvgIpc) is 3.65. The van der Waals surface area contributed by atoms with E-state index in [4.69, 9.17) is 21.3 Å². The molecule has 0 radical (unpaired) electrons. The molecule has 3 aromatic heterocycles. The predicted octanol–water partition coefficient (Wildman–Crippen LogP) is 8.44. The third-order valence-electron chi connectivity index (χ3n) is 8.32. The number of hydrogen-bond acceptors (Lipinski definition) is 7. The molecule has 0 aliphatic carbocycles. The molecule has 0 saturated carbocycles. The lowest BCUT2D eigenvalue weighted by Gasteiger charge is -2.38. The summed E-state index contributed by atoms with van der Waals surface area (Å²) in [4.78, 5) is 29.1. The molecule has 1 fully saturated rings. The van der Waals surface area contributed by atoms with Crippen molar-refractivity contribution in [3.8, 4) is 11.1 Å². The minimum atomic E-state index is -2.59. The number of ether oxygens (including phenoxy) is 1. The number of nitrogens with one attached hydrogen (secondary N) is 2. The van der Waals surface area contributed by atoms with Gasteiger partial charge in [0.25, 0.3) is 0 Å². The number of rotatable bonds is 12. The molecule has 1 aromatic carbocycles. The van der Waals surface area contributed by atoms with Crippen LogP contribution in [0, 0.1) is 0 Å². The fourth-order valence-electron chi connectivity index (χ4n) is 5.74. The average molecular weight is 671 g/mol. The minimum Gasteiger partial charge on any atom is -0.444 e. The highest BCUT2D eigenvalue weighted by atomic mass is 35.5. The van der Waals surface area contributed by atoms with Gasteiger partial charge < -0.3 is 19.9 Å². The first kappa shape index (κ1) is 34.6. The zero-order valence-corrected chi connectivity index (χ0v) is 28.6. The van der Waals surface area contributed by atoms with Gasteiger partial charge in [0.1, 0.15) is 16.9 Å². The number of aryl methyl sites for hydroxylation is 1. The summed E-state index contributed by atoms with van der Waals surface area (Å²) >= 11 is 6.85. The molecule has 10 nitrogen and oxygen atoms in total. The van der Waals surface area contributed by atoms with E-state index in [9.17, 15) is 13.6 Å². The number of piperazine rings is 1. The number of hydrogen-bond donors (Lipinski definition) is 2. The third-order valence-corrected chi connectivity index (χ3v) is 8.70. The van der Waals surface area contributed by atoms with Gasteiger partial charge in [-0.2, -0.15) is 5.10 Å². The highest BCUT2D eigenvalue weighted by molar-refractivity contribution is 6.37. The van der Waals surface area contributed by atoms with Gasteiger partial charge in [-0.05, 0) is 71.2 Å². The molecule has 1 amide bonds. The summed E-state index contributed by atoms with van der Waals surface area (Å²) in [6.07, 6.45) is 8.24. The summed E-state index contributed by atoms with van der Waals surface area (Å²) in [5, 5.41) is 8.28. The van der Waals surface area contributed by atoms with Crippen LogP contribution in [0.2, 0.25) is 5.02 Å². The van der Waals surface area contributed by atoms with Gasteiger partial charge in [-0.25, -0.2) is 23.5 Å². The second kappa shape index (κ2) is 14.6. The van der Waals surface area contributed by atoms with Crippen LogP contribution in [-0.4, -0.2) is 78.3 Å². The monoisotopic (exact) mass is 670 g/mol. The number of fused-ring (bicyclic) bond motifs is 1. The topological polar surface area (TPSA) is 104 Å². The highest BCUT2D eigenvalue weighted by Gasteiger charge is 2.28. The van der Waals surface area contributed by atoms with Gasteiger partial charge in [-0.15, -0.1) is 0 Å². The van der Waals surface area contributed by atoms with E-state index >= 15 is 0 Å². The Kier molecular flexibility index (Phi) is 10.7. The molecule has 254 valence electrons. The van der Waals surface area contributed by atoms with Crippen LogP contribution in [-0.2, 0) is 11.3 Å². The lowest BCUT2D eigenvalue weighted by atomic mass is 10.1. The molecule has 4 aromatic rings. The molecule has 47 heavy (non-hydrogen) atoms. The second-order valence-electron chi connectivity index (χ2n) is 13.4. The zero-order chi connectivity index (χ0) is 33.8. The van der Waals surface area contributed by atoms with E-state index in [1.165, 1.54) is 0 Å².